The van der Waals surface area contributed by atoms with Gasteiger partial charge in [0.05, 0.1) is 14.2 Å². The lowest BCUT2D eigenvalue weighted by Gasteiger charge is -2.03. The lowest BCUT2D eigenvalue weighted by molar-refractivity contribution is 1.26. The first kappa shape index (κ1) is 11.8. The molecule has 0 fully saturated rings. The quantitative estimate of drug-likeness (QED) is 0.700. The molecule has 2 aliphatic heterocycles. The molecule has 3 rings (SSSR count). The Morgan fingerprint density at radius 2 is 1.88 bits per heavy atom. The summed E-state index contributed by atoms with van der Waals surface area (Å²) in [5, 5.41) is 6.47. The zero-order chi connectivity index (χ0) is 11.7. The van der Waals surface area contributed by atoms with Gasteiger partial charge in [0, 0.05) is 11.1 Å². The summed E-state index contributed by atoms with van der Waals surface area (Å²) in [7, 11) is 0. The van der Waals surface area contributed by atoms with E-state index in [1.807, 2.05) is 35.8 Å². The van der Waals surface area contributed by atoms with Gasteiger partial charge in [0.25, 0.3) is 0 Å². The number of aromatic nitrogens is 1. The molecule has 0 atom stereocenters. The van der Waals surface area contributed by atoms with Crippen LogP contribution < -0.4 is 0 Å². The van der Waals surface area contributed by atoms with Gasteiger partial charge in [-0.2, -0.15) is 0 Å². The van der Waals surface area contributed by atoms with Gasteiger partial charge in [-0.05, 0) is 40.8 Å². The maximum absolute atomic E-state index is 4.43. The van der Waals surface area contributed by atoms with Crippen LogP contribution >= 0.6 is 47.0 Å². The molecule has 2 aliphatic rings. The van der Waals surface area contributed by atoms with Crippen LogP contribution in [0.1, 0.15) is 11.3 Å². The molecule has 1 aromatic rings. The van der Waals surface area contributed by atoms with Crippen LogP contribution in [0.3, 0.4) is 0 Å². The molecule has 0 unspecified atom stereocenters. The SMILES string of the molecule is Cc1ccnc(C2=CSC(=C3SC=CS3)S2)c1. The number of pyridine rings is 1. The number of thioether (sulfide) groups is 4. The van der Waals surface area contributed by atoms with E-state index in [1.165, 1.54) is 18.9 Å². The van der Waals surface area contributed by atoms with Crippen molar-refractivity contribution in [2.45, 2.75) is 6.92 Å². The summed E-state index contributed by atoms with van der Waals surface area (Å²) in [6.07, 6.45) is 1.88. The zero-order valence-electron chi connectivity index (χ0n) is 9.04. The van der Waals surface area contributed by atoms with Gasteiger partial charge in [0.15, 0.2) is 0 Å². The molecule has 0 bridgehead atoms. The van der Waals surface area contributed by atoms with Crippen molar-refractivity contribution in [2.24, 2.45) is 0 Å². The summed E-state index contributed by atoms with van der Waals surface area (Å²) in [5.74, 6) is 0. The summed E-state index contributed by atoms with van der Waals surface area (Å²) in [6, 6.07) is 4.17. The summed E-state index contributed by atoms with van der Waals surface area (Å²) in [5.41, 5.74) is 2.34. The lowest BCUT2D eigenvalue weighted by Crippen LogP contribution is -1.84. The van der Waals surface area contributed by atoms with E-state index in [9.17, 15) is 0 Å². The minimum absolute atomic E-state index is 1.08. The molecule has 0 saturated heterocycles. The number of nitrogens with zero attached hydrogens (tertiary/aromatic N) is 1. The van der Waals surface area contributed by atoms with Gasteiger partial charge in [-0.15, -0.1) is 0 Å². The van der Waals surface area contributed by atoms with Crippen molar-refractivity contribution < 1.29 is 0 Å². The minimum Gasteiger partial charge on any atom is -0.256 e. The second-order valence-corrected chi connectivity index (χ2v) is 7.78. The fraction of sp³-hybridized carbons (Fsp3) is 0.0833. The second kappa shape index (κ2) is 5.18. The van der Waals surface area contributed by atoms with Crippen LogP contribution in [-0.2, 0) is 0 Å². The lowest BCUT2D eigenvalue weighted by atomic mass is 10.2. The van der Waals surface area contributed by atoms with Crippen molar-refractivity contribution >= 4 is 52.0 Å². The zero-order valence-corrected chi connectivity index (χ0v) is 12.3. The Balaban J connectivity index is 1.82. The highest BCUT2D eigenvalue weighted by atomic mass is 32.2. The third kappa shape index (κ3) is 2.62. The Bertz CT molecular complexity index is 535. The Hall–Kier alpha value is -0.230. The van der Waals surface area contributed by atoms with E-state index in [2.05, 4.69) is 34.2 Å². The molecule has 1 aromatic heterocycles. The predicted molar refractivity (Wildman–Crippen MR) is 83.5 cm³/mol. The van der Waals surface area contributed by atoms with Crippen LogP contribution in [0.15, 0.2) is 43.0 Å². The minimum atomic E-state index is 1.08. The third-order valence-electron chi connectivity index (χ3n) is 2.22. The topological polar surface area (TPSA) is 12.9 Å². The van der Waals surface area contributed by atoms with Crippen molar-refractivity contribution in [3.05, 3.63) is 54.3 Å². The molecule has 0 spiro atoms. The molecule has 3 heterocycles. The van der Waals surface area contributed by atoms with Gasteiger partial charge in [-0.25, -0.2) is 0 Å². The smallest absolute Gasteiger partial charge is 0.0777 e. The molecule has 0 aromatic carbocycles. The van der Waals surface area contributed by atoms with Crippen molar-refractivity contribution in [2.75, 3.05) is 0 Å². The fourth-order valence-electron chi connectivity index (χ4n) is 1.43. The van der Waals surface area contributed by atoms with Crippen LogP contribution in [0.2, 0.25) is 0 Å². The molecule has 0 saturated carbocycles. The maximum Gasteiger partial charge on any atom is 0.0777 e. The van der Waals surface area contributed by atoms with E-state index in [4.69, 9.17) is 0 Å². The van der Waals surface area contributed by atoms with Crippen molar-refractivity contribution in [3.63, 3.8) is 0 Å². The van der Waals surface area contributed by atoms with Crippen molar-refractivity contribution in [1.29, 1.82) is 0 Å². The van der Waals surface area contributed by atoms with Gasteiger partial charge >= 0.3 is 0 Å². The van der Waals surface area contributed by atoms with E-state index < -0.39 is 0 Å². The van der Waals surface area contributed by atoms with E-state index in [0.29, 0.717) is 0 Å². The molecule has 0 radical (unpaired) electrons. The van der Waals surface area contributed by atoms with E-state index in [-0.39, 0.29) is 0 Å². The molecule has 86 valence electrons. The van der Waals surface area contributed by atoms with Gasteiger partial charge in [0.2, 0.25) is 0 Å². The second-order valence-electron chi connectivity index (χ2n) is 3.50. The molecule has 1 nitrogen and oxygen atoms in total. The highest BCUT2D eigenvalue weighted by Crippen LogP contribution is 2.55. The van der Waals surface area contributed by atoms with Crippen LogP contribution in [0.5, 0.6) is 0 Å². The molecule has 5 heteroatoms. The fourth-order valence-corrected chi connectivity index (χ4v) is 5.86. The maximum atomic E-state index is 4.43. The molecule has 0 N–H and O–H groups in total. The van der Waals surface area contributed by atoms with Gasteiger partial charge in [-0.3, -0.25) is 4.98 Å². The molecular weight excluding hydrogens is 286 g/mol. The first-order valence-corrected chi connectivity index (χ1v) is 8.49. The number of aryl methyl sites for hydroxylation is 1. The Labute approximate surface area is 118 Å². The average molecular weight is 295 g/mol. The van der Waals surface area contributed by atoms with Gasteiger partial charge in [-0.1, -0.05) is 47.0 Å². The molecule has 0 aliphatic carbocycles. The van der Waals surface area contributed by atoms with Crippen LogP contribution in [0, 0.1) is 6.92 Å². The van der Waals surface area contributed by atoms with Gasteiger partial charge in [0.1, 0.15) is 0 Å². The van der Waals surface area contributed by atoms with E-state index >= 15 is 0 Å². The standard InChI is InChI=1S/C12H9NS4/c1-8-2-3-13-9(6-8)10-7-16-12(17-10)11-14-4-5-15-11/h2-7H,1H3. The van der Waals surface area contributed by atoms with E-state index in [1.54, 1.807) is 23.5 Å². The van der Waals surface area contributed by atoms with E-state index in [0.717, 1.165) is 5.69 Å². The molecule has 17 heavy (non-hydrogen) atoms. The summed E-state index contributed by atoms with van der Waals surface area (Å²) in [6.45, 7) is 2.10. The van der Waals surface area contributed by atoms with Crippen LogP contribution in [0.25, 0.3) is 4.91 Å². The van der Waals surface area contributed by atoms with Crippen molar-refractivity contribution in [3.8, 4) is 0 Å². The van der Waals surface area contributed by atoms with Crippen molar-refractivity contribution in [1.82, 2.24) is 4.98 Å². The summed E-state index contributed by atoms with van der Waals surface area (Å²) < 4.78 is 2.77. The highest BCUT2D eigenvalue weighted by Gasteiger charge is 2.20. The Kier molecular flexibility index (Phi) is 3.61. The highest BCUT2D eigenvalue weighted by molar-refractivity contribution is 8.35. The first-order valence-electron chi connectivity index (χ1n) is 5.03. The largest absolute Gasteiger partial charge is 0.256 e. The van der Waals surface area contributed by atoms with Gasteiger partial charge < -0.3 is 0 Å². The predicted octanol–water partition coefficient (Wildman–Crippen LogP) is 5.25. The number of hydrogen-bond donors (Lipinski definition) is 0. The van der Waals surface area contributed by atoms with Crippen LogP contribution in [0.4, 0.5) is 0 Å². The average Bonchev–Trinajstić information content (AvgIpc) is 3.00. The monoisotopic (exact) mass is 295 g/mol. The molecular formula is C12H9NS4. The van der Waals surface area contributed by atoms with Crippen LogP contribution in [-0.4, -0.2) is 4.98 Å². The normalized spacial score (nSPS) is 19.0. The third-order valence-corrected chi connectivity index (χ3v) is 7.26. The molecule has 0 amide bonds. The Morgan fingerprint density at radius 1 is 1.06 bits per heavy atom. The summed E-state index contributed by atoms with van der Waals surface area (Å²) in [4.78, 5) is 5.69. The number of rotatable bonds is 1. The first-order chi connectivity index (χ1) is 8.33. The number of hydrogen-bond acceptors (Lipinski definition) is 5. The summed E-state index contributed by atoms with van der Waals surface area (Å²) >= 11 is 7.25. The Morgan fingerprint density at radius 3 is 2.65 bits per heavy atom.